The quantitative estimate of drug-likeness (QED) is 0.690. The first-order valence-corrected chi connectivity index (χ1v) is 5.55. The zero-order valence-electron chi connectivity index (χ0n) is 10.5. The van der Waals surface area contributed by atoms with Gasteiger partial charge in [0.2, 0.25) is 0 Å². The lowest BCUT2D eigenvalue weighted by atomic mass is 10.2. The zero-order valence-corrected chi connectivity index (χ0v) is 10.5. The molecule has 0 radical (unpaired) electrons. The highest BCUT2D eigenvalue weighted by Gasteiger charge is 2.17. The fourth-order valence-corrected chi connectivity index (χ4v) is 1.08. The fourth-order valence-electron chi connectivity index (χ4n) is 1.08. The molecule has 0 heterocycles. The highest BCUT2D eigenvalue weighted by Crippen LogP contribution is 2.06. The van der Waals surface area contributed by atoms with Crippen molar-refractivity contribution in [3.8, 4) is 0 Å². The molecule has 0 aromatic carbocycles. The van der Waals surface area contributed by atoms with Gasteiger partial charge in [0.15, 0.2) is 0 Å². The van der Waals surface area contributed by atoms with Gasteiger partial charge in [0.25, 0.3) is 0 Å². The van der Waals surface area contributed by atoms with Crippen LogP contribution in [0.15, 0.2) is 0 Å². The second-order valence-electron chi connectivity index (χ2n) is 4.69. The topological polar surface area (TPSA) is 50.4 Å². The minimum Gasteiger partial charge on any atom is -0.444 e. The Bertz CT molecular complexity index is 188. The van der Waals surface area contributed by atoms with Crippen molar-refractivity contribution in [2.75, 3.05) is 13.1 Å². The van der Waals surface area contributed by atoms with Gasteiger partial charge in [-0.1, -0.05) is 6.92 Å². The van der Waals surface area contributed by atoms with E-state index in [4.69, 9.17) is 4.74 Å². The van der Waals surface area contributed by atoms with Crippen molar-refractivity contribution in [2.45, 2.75) is 52.7 Å². The molecule has 0 aliphatic carbocycles. The van der Waals surface area contributed by atoms with Crippen LogP contribution < -0.4 is 10.6 Å². The Balaban J connectivity index is 3.67. The lowest BCUT2D eigenvalue weighted by Crippen LogP contribution is -2.38. The standard InChI is InChI=1S/C11H24N2O2/c1-6-12-8-7-9(2)13-10(14)15-11(3,4)5/h9,12H,6-8H2,1-5H3,(H,13,14). The van der Waals surface area contributed by atoms with Gasteiger partial charge in [0.1, 0.15) is 5.60 Å². The summed E-state index contributed by atoms with van der Waals surface area (Å²) in [5.41, 5.74) is -0.425. The summed E-state index contributed by atoms with van der Waals surface area (Å²) in [4.78, 5) is 11.3. The van der Waals surface area contributed by atoms with Crippen LogP contribution in [-0.4, -0.2) is 30.8 Å². The number of amides is 1. The van der Waals surface area contributed by atoms with Gasteiger partial charge in [0, 0.05) is 6.04 Å². The van der Waals surface area contributed by atoms with Gasteiger partial charge in [-0.25, -0.2) is 4.79 Å². The van der Waals surface area contributed by atoms with Crippen LogP contribution in [0.3, 0.4) is 0 Å². The summed E-state index contributed by atoms with van der Waals surface area (Å²) in [6, 6.07) is 0.138. The summed E-state index contributed by atoms with van der Waals surface area (Å²) < 4.78 is 5.14. The van der Waals surface area contributed by atoms with E-state index in [1.807, 2.05) is 27.7 Å². The Kier molecular flexibility index (Phi) is 6.32. The van der Waals surface area contributed by atoms with Crippen LogP contribution in [0.1, 0.15) is 41.0 Å². The largest absolute Gasteiger partial charge is 0.444 e. The molecule has 4 heteroatoms. The number of hydrogen-bond donors (Lipinski definition) is 2. The van der Waals surface area contributed by atoms with E-state index in [-0.39, 0.29) is 12.1 Å². The number of alkyl carbamates (subject to hydrolysis) is 1. The number of rotatable bonds is 5. The lowest BCUT2D eigenvalue weighted by molar-refractivity contribution is 0.0506. The second kappa shape index (κ2) is 6.67. The van der Waals surface area contributed by atoms with Crippen molar-refractivity contribution >= 4 is 6.09 Å². The fraction of sp³-hybridized carbons (Fsp3) is 0.909. The molecule has 0 saturated carbocycles. The van der Waals surface area contributed by atoms with Crippen molar-refractivity contribution in [2.24, 2.45) is 0 Å². The smallest absolute Gasteiger partial charge is 0.407 e. The first-order valence-electron chi connectivity index (χ1n) is 5.55. The van der Waals surface area contributed by atoms with Crippen LogP contribution in [0, 0.1) is 0 Å². The van der Waals surface area contributed by atoms with Gasteiger partial charge in [-0.15, -0.1) is 0 Å². The van der Waals surface area contributed by atoms with Gasteiger partial charge in [-0.3, -0.25) is 0 Å². The molecule has 0 rings (SSSR count). The Morgan fingerprint density at radius 3 is 2.47 bits per heavy atom. The molecule has 1 amide bonds. The average Bonchev–Trinajstić information content (AvgIpc) is 2.00. The van der Waals surface area contributed by atoms with E-state index >= 15 is 0 Å². The SMILES string of the molecule is CCNCCC(C)NC(=O)OC(C)(C)C. The first-order chi connectivity index (χ1) is 6.85. The molecule has 0 saturated heterocycles. The summed E-state index contributed by atoms with van der Waals surface area (Å²) in [5.74, 6) is 0. The molecule has 0 aromatic heterocycles. The maximum absolute atomic E-state index is 11.3. The van der Waals surface area contributed by atoms with Crippen molar-refractivity contribution in [3.05, 3.63) is 0 Å². The third kappa shape index (κ3) is 9.53. The third-order valence-corrected chi connectivity index (χ3v) is 1.77. The van der Waals surface area contributed by atoms with Gasteiger partial charge in [-0.05, 0) is 47.2 Å². The Morgan fingerprint density at radius 2 is 2.00 bits per heavy atom. The van der Waals surface area contributed by atoms with Crippen molar-refractivity contribution in [1.29, 1.82) is 0 Å². The van der Waals surface area contributed by atoms with E-state index in [0.29, 0.717) is 0 Å². The molecule has 1 atom stereocenters. The number of nitrogens with one attached hydrogen (secondary N) is 2. The molecule has 4 nitrogen and oxygen atoms in total. The predicted octanol–water partition coefficient (Wildman–Crippen LogP) is 1.90. The van der Waals surface area contributed by atoms with Gasteiger partial charge in [-0.2, -0.15) is 0 Å². The van der Waals surface area contributed by atoms with E-state index in [1.165, 1.54) is 0 Å². The van der Waals surface area contributed by atoms with Crippen LogP contribution in [0.25, 0.3) is 0 Å². The van der Waals surface area contributed by atoms with Gasteiger partial charge < -0.3 is 15.4 Å². The average molecular weight is 216 g/mol. The van der Waals surface area contributed by atoms with Gasteiger partial charge in [0.05, 0.1) is 0 Å². The molecule has 0 aliphatic rings. The molecule has 1 unspecified atom stereocenters. The predicted molar refractivity (Wildman–Crippen MR) is 62.0 cm³/mol. The number of ether oxygens (including phenoxy) is 1. The van der Waals surface area contributed by atoms with Crippen molar-refractivity contribution < 1.29 is 9.53 Å². The number of carbonyl (C=O) groups excluding carboxylic acids is 1. The Labute approximate surface area is 92.8 Å². The van der Waals surface area contributed by atoms with Crippen LogP contribution in [0.5, 0.6) is 0 Å². The maximum Gasteiger partial charge on any atom is 0.407 e. The Morgan fingerprint density at radius 1 is 1.40 bits per heavy atom. The summed E-state index contributed by atoms with van der Waals surface area (Å²) in [5, 5.41) is 6.00. The molecular formula is C11H24N2O2. The third-order valence-electron chi connectivity index (χ3n) is 1.77. The minimum atomic E-state index is -0.425. The summed E-state index contributed by atoms with van der Waals surface area (Å²) in [6.07, 6.45) is 0.569. The number of hydrogen-bond acceptors (Lipinski definition) is 3. The maximum atomic E-state index is 11.3. The monoisotopic (exact) mass is 216 g/mol. The van der Waals surface area contributed by atoms with Crippen LogP contribution in [0.2, 0.25) is 0 Å². The van der Waals surface area contributed by atoms with Crippen LogP contribution in [0.4, 0.5) is 4.79 Å². The van der Waals surface area contributed by atoms with E-state index in [2.05, 4.69) is 17.6 Å². The van der Waals surface area contributed by atoms with Crippen LogP contribution >= 0.6 is 0 Å². The number of carbonyl (C=O) groups is 1. The Hall–Kier alpha value is -0.770. The van der Waals surface area contributed by atoms with Crippen LogP contribution in [-0.2, 0) is 4.74 Å². The van der Waals surface area contributed by atoms with E-state index in [9.17, 15) is 4.79 Å². The molecule has 0 aliphatic heterocycles. The second-order valence-corrected chi connectivity index (χ2v) is 4.69. The molecule has 15 heavy (non-hydrogen) atoms. The van der Waals surface area contributed by atoms with Crippen molar-refractivity contribution in [1.82, 2.24) is 10.6 Å². The van der Waals surface area contributed by atoms with Crippen molar-refractivity contribution in [3.63, 3.8) is 0 Å². The zero-order chi connectivity index (χ0) is 11.9. The molecule has 2 N–H and O–H groups in total. The summed E-state index contributed by atoms with van der Waals surface area (Å²) in [7, 11) is 0. The summed E-state index contributed by atoms with van der Waals surface area (Å²) in [6.45, 7) is 11.5. The lowest BCUT2D eigenvalue weighted by Gasteiger charge is -2.21. The van der Waals surface area contributed by atoms with E-state index in [0.717, 1.165) is 19.5 Å². The van der Waals surface area contributed by atoms with E-state index in [1.54, 1.807) is 0 Å². The molecule has 0 fully saturated rings. The highest BCUT2D eigenvalue weighted by molar-refractivity contribution is 5.67. The molecule has 0 bridgehead atoms. The molecule has 0 aromatic rings. The first kappa shape index (κ1) is 14.2. The van der Waals surface area contributed by atoms with Gasteiger partial charge >= 0.3 is 6.09 Å². The minimum absolute atomic E-state index is 0.138. The molecular weight excluding hydrogens is 192 g/mol. The van der Waals surface area contributed by atoms with E-state index < -0.39 is 5.60 Å². The highest BCUT2D eigenvalue weighted by atomic mass is 16.6. The molecule has 90 valence electrons. The molecule has 0 spiro atoms. The normalized spacial score (nSPS) is 13.4. The summed E-state index contributed by atoms with van der Waals surface area (Å²) >= 11 is 0.